The molecule has 0 heterocycles. The summed E-state index contributed by atoms with van der Waals surface area (Å²) in [5.74, 6) is 0.737. The van der Waals surface area contributed by atoms with E-state index in [0.717, 1.165) is 27.6 Å². The van der Waals surface area contributed by atoms with Crippen LogP contribution in [0.1, 0.15) is 24.1 Å². The van der Waals surface area contributed by atoms with Gasteiger partial charge in [0, 0.05) is 22.2 Å². The molecule has 0 aliphatic rings. The van der Waals surface area contributed by atoms with Crippen molar-refractivity contribution in [1.82, 2.24) is 0 Å². The Balaban J connectivity index is 2.25. The van der Waals surface area contributed by atoms with Crippen LogP contribution in [0.4, 0.5) is 5.69 Å². The number of methoxy groups -OCH3 is 1. The van der Waals surface area contributed by atoms with Crippen molar-refractivity contribution in [3.8, 4) is 5.75 Å². The lowest BCUT2D eigenvalue weighted by molar-refractivity contribution is 0.416. The molecule has 0 bridgehead atoms. The third kappa shape index (κ3) is 3.38. The molecule has 1 atom stereocenters. The summed E-state index contributed by atoms with van der Waals surface area (Å²) in [4.78, 5) is 0. The first-order chi connectivity index (χ1) is 9.51. The molecule has 2 aromatic carbocycles. The lowest BCUT2D eigenvalue weighted by Gasteiger charge is -2.19. The fraction of sp³-hybridized carbons (Fsp3) is 0.250. The topological polar surface area (TPSA) is 21.3 Å². The monoisotopic (exact) mass is 309 g/mol. The molecule has 0 spiro atoms. The predicted octanol–water partition coefficient (Wildman–Crippen LogP) is 5.48. The number of rotatable bonds is 4. The number of hydrogen-bond acceptors (Lipinski definition) is 2. The molecule has 2 nitrogen and oxygen atoms in total. The summed E-state index contributed by atoms with van der Waals surface area (Å²) >= 11 is 12.0. The molecule has 0 fully saturated rings. The Bertz CT molecular complexity index is 596. The molecule has 106 valence electrons. The van der Waals surface area contributed by atoms with E-state index in [2.05, 4.69) is 12.2 Å². The van der Waals surface area contributed by atoms with Crippen LogP contribution in [-0.4, -0.2) is 7.11 Å². The third-order valence-corrected chi connectivity index (χ3v) is 3.88. The van der Waals surface area contributed by atoms with Gasteiger partial charge in [-0.2, -0.15) is 0 Å². The van der Waals surface area contributed by atoms with Gasteiger partial charge in [-0.25, -0.2) is 0 Å². The van der Waals surface area contributed by atoms with Crippen LogP contribution in [-0.2, 0) is 0 Å². The smallest absolute Gasteiger partial charge is 0.143 e. The van der Waals surface area contributed by atoms with Crippen LogP contribution in [0.25, 0.3) is 0 Å². The maximum absolute atomic E-state index is 6.11. The Labute approximate surface area is 129 Å². The second kappa shape index (κ2) is 6.38. The van der Waals surface area contributed by atoms with Gasteiger partial charge in [0.2, 0.25) is 0 Å². The Hall–Kier alpha value is -1.38. The van der Waals surface area contributed by atoms with Crippen molar-refractivity contribution in [1.29, 1.82) is 0 Å². The van der Waals surface area contributed by atoms with E-state index in [1.54, 1.807) is 7.11 Å². The Morgan fingerprint density at radius 3 is 2.35 bits per heavy atom. The molecule has 0 amide bonds. The highest BCUT2D eigenvalue weighted by Gasteiger charge is 2.11. The largest absolute Gasteiger partial charge is 0.495 e. The van der Waals surface area contributed by atoms with Gasteiger partial charge >= 0.3 is 0 Å². The number of hydrogen-bond donors (Lipinski definition) is 1. The lowest BCUT2D eigenvalue weighted by atomic mass is 10.1. The van der Waals surface area contributed by atoms with Crippen LogP contribution < -0.4 is 10.1 Å². The molecule has 20 heavy (non-hydrogen) atoms. The van der Waals surface area contributed by atoms with E-state index in [1.165, 1.54) is 0 Å². The van der Waals surface area contributed by atoms with Gasteiger partial charge in [0.05, 0.1) is 12.8 Å². The molecule has 0 radical (unpaired) electrons. The first-order valence-electron chi connectivity index (χ1n) is 6.37. The van der Waals surface area contributed by atoms with E-state index >= 15 is 0 Å². The van der Waals surface area contributed by atoms with Gasteiger partial charge in [0.1, 0.15) is 5.75 Å². The number of nitrogens with one attached hydrogen (secondary N) is 1. The normalized spacial score (nSPS) is 12.1. The molecule has 1 N–H and O–H groups in total. The van der Waals surface area contributed by atoms with E-state index in [9.17, 15) is 0 Å². The minimum Gasteiger partial charge on any atom is -0.495 e. The fourth-order valence-corrected chi connectivity index (χ4v) is 2.29. The number of halogens is 2. The van der Waals surface area contributed by atoms with Crippen LogP contribution in [0.15, 0.2) is 36.4 Å². The molecule has 2 aromatic rings. The standard InChI is InChI=1S/C16H17Cl2NO/c1-10-8-15(16(20-3)9-14(10)18)19-11(2)12-4-6-13(17)7-5-12/h4-9,11,19H,1-3H3. The molecule has 0 saturated heterocycles. The molecule has 1 unspecified atom stereocenters. The van der Waals surface area contributed by atoms with Crippen molar-refractivity contribution in [2.75, 3.05) is 12.4 Å². The van der Waals surface area contributed by atoms with Crippen molar-refractivity contribution < 1.29 is 4.74 Å². The van der Waals surface area contributed by atoms with Crippen LogP contribution >= 0.6 is 23.2 Å². The Morgan fingerprint density at radius 1 is 1.10 bits per heavy atom. The zero-order chi connectivity index (χ0) is 14.7. The third-order valence-electron chi connectivity index (χ3n) is 3.22. The lowest BCUT2D eigenvalue weighted by Crippen LogP contribution is -2.08. The molecular weight excluding hydrogens is 293 g/mol. The highest BCUT2D eigenvalue weighted by molar-refractivity contribution is 6.31. The summed E-state index contributed by atoms with van der Waals surface area (Å²) in [5.41, 5.74) is 3.10. The van der Waals surface area contributed by atoms with Gasteiger partial charge < -0.3 is 10.1 Å². The molecule has 0 aliphatic heterocycles. The molecular formula is C16H17Cl2NO. The summed E-state index contributed by atoms with van der Waals surface area (Å²) in [7, 11) is 1.64. The summed E-state index contributed by atoms with van der Waals surface area (Å²) in [5, 5.41) is 4.88. The number of anilines is 1. The van der Waals surface area contributed by atoms with Crippen LogP contribution in [0.5, 0.6) is 5.75 Å². The quantitative estimate of drug-likeness (QED) is 0.807. The molecule has 0 aliphatic carbocycles. The van der Waals surface area contributed by atoms with Gasteiger partial charge in [-0.05, 0) is 43.2 Å². The molecule has 0 aromatic heterocycles. The fourth-order valence-electron chi connectivity index (χ4n) is 2.01. The van der Waals surface area contributed by atoms with Gasteiger partial charge in [0.15, 0.2) is 0 Å². The first kappa shape index (κ1) is 15.0. The van der Waals surface area contributed by atoms with E-state index in [-0.39, 0.29) is 6.04 Å². The van der Waals surface area contributed by atoms with Gasteiger partial charge in [0.25, 0.3) is 0 Å². The summed E-state index contributed by atoms with van der Waals surface area (Å²) < 4.78 is 5.37. The van der Waals surface area contributed by atoms with Gasteiger partial charge in [-0.1, -0.05) is 35.3 Å². The van der Waals surface area contributed by atoms with E-state index in [1.807, 2.05) is 43.3 Å². The van der Waals surface area contributed by atoms with E-state index in [0.29, 0.717) is 5.02 Å². The predicted molar refractivity (Wildman–Crippen MR) is 86.2 cm³/mol. The highest BCUT2D eigenvalue weighted by Crippen LogP contribution is 2.33. The SMILES string of the molecule is COc1cc(Cl)c(C)cc1NC(C)c1ccc(Cl)cc1. The Kier molecular flexibility index (Phi) is 4.79. The van der Waals surface area contributed by atoms with Crippen molar-refractivity contribution in [2.45, 2.75) is 19.9 Å². The van der Waals surface area contributed by atoms with E-state index < -0.39 is 0 Å². The minimum atomic E-state index is 0.141. The number of ether oxygens (including phenoxy) is 1. The Morgan fingerprint density at radius 2 is 1.75 bits per heavy atom. The summed E-state index contributed by atoms with van der Waals surface area (Å²) in [6.07, 6.45) is 0. The van der Waals surface area contributed by atoms with Crippen molar-refractivity contribution in [3.63, 3.8) is 0 Å². The maximum atomic E-state index is 6.11. The van der Waals surface area contributed by atoms with Gasteiger partial charge in [-0.3, -0.25) is 0 Å². The van der Waals surface area contributed by atoms with Crippen molar-refractivity contribution in [2.24, 2.45) is 0 Å². The molecule has 0 saturated carbocycles. The van der Waals surface area contributed by atoms with Gasteiger partial charge in [-0.15, -0.1) is 0 Å². The van der Waals surface area contributed by atoms with Crippen LogP contribution in [0.3, 0.4) is 0 Å². The summed E-state index contributed by atoms with van der Waals surface area (Å²) in [6, 6.07) is 11.8. The second-order valence-electron chi connectivity index (χ2n) is 4.72. The summed E-state index contributed by atoms with van der Waals surface area (Å²) in [6.45, 7) is 4.06. The average molecular weight is 310 g/mol. The second-order valence-corrected chi connectivity index (χ2v) is 5.56. The average Bonchev–Trinajstić information content (AvgIpc) is 2.43. The van der Waals surface area contributed by atoms with Crippen LogP contribution in [0, 0.1) is 6.92 Å². The zero-order valence-corrected chi connectivity index (χ0v) is 13.2. The highest BCUT2D eigenvalue weighted by atomic mass is 35.5. The molecule has 2 rings (SSSR count). The van der Waals surface area contributed by atoms with Crippen LogP contribution in [0.2, 0.25) is 10.0 Å². The zero-order valence-electron chi connectivity index (χ0n) is 11.7. The number of aryl methyl sites for hydroxylation is 1. The first-order valence-corrected chi connectivity index (χ1v) is 7.13. The van der Waals surface area contributed by atoms with Crippen molar-refractivity contribution in [3.05, 3.63) is 57.6 Å². The number of benzene rings is 2. The maximum Gasteiger partial charge on any atom is 0.143 e. The minimum absolute atomic E-state index is 0.141. The van der Waals surface area contributed by atoms with Crippen molar-refractivity contribution >= 4 is 28.9 Å². The molecule has 4 heteroatoms. The van der Waals surface area contributed by atoms with E-state index in [4.69, 9.17) is 27.9 Å².